The maximum Gasteiger partial charge on any atom is 0.244 e. The van der Waals surface area contributed by atoms with Gasteiger partial charge >= 0.3 is 0 Å². The number of furan rings is 1. The van der Waals surface area contributed by atoms with Gasteiger partial charge in [0, 0.05) is 17.6 Å². The molecular formula is C16H17ClN2O3. The smallest absolute Gasteiger partial charge is 0.244 e. The van der Waals surface area contributed by atoms with Gasteiger partial charge in [0.05, 0.1) is 12.8 Å². The molecule has 0 radical (unpaired) electrons. The topological polar surface area (TPSA) is 62.6 Å². The number of amides is 2. The van der Waals surface area contributed by atoms with Crippen molar-refractivity contribution in [2.45, 2.75) is 20.4 Å². The fourth-order valence-electron chi connectivity index (χ4n) is 1.98. The van der Waals surface area contributed by atoms with Gasteiger partial charge in [0.15, 0.2) is 0 Å². The fourth-order valence-corrected chi connectivity index (χ4v) is 2.15. The molecule has 2 rings (SSSR count). The molecule has 0 saturated carbocycles. The van der Waals surface area contributed by atoms with Gasteiger partial charge < -0.3 is 14.6 Å². The number of rotatable bonds is 5. The molecule has 0 aliphatic rings. The van der Waals surface area contributed by atoms with E-state index in [2.05, 4.69) is 5.32 Å². The minimum absolute atomic E-state index is 0.0536. The highest BCUT2D eigenvalue weighted by Crippen LogP contribution is 2.22. The third-order valence-corrected chi connectivity index (χ3v) is 3.66. The van der Waals surface area contributed by atoms with Crippen molar-refractivity contribution in [1.29, 1.82) is 0 Å². The normalized spacial score (nSPS) is 10.3. The molecule has 0 spiro atoms. The lowest BCUT2D eigenvalue weighted by Gasteiger charge is -2.19. The maximum atomic E-state index is 12.1. The molecule has 1 aromatic carbocycles. The summed E-state index contributed by atoms with van der Waals surface area (Å²) in [6.07, 6.45) is 1.53. The van der Waals surface area contributed by atoms with Crippen LogP contribution < -0.4 is 5.32 Å². The number of anilines is 1. The standard InChI is InChI=1S/C16H17ClN2O3/c1-11-14(17)6-3-7-15(11)18-16(21)10-19(12(2)20)9-13-5-4-8-22-13/h3-8H,9-10H2,1-2H3,(H,18,21). The van der Waals surface area contributed by atoms with E-state index in [1.165, 1.54) is 18.1 Å². The zero-order valence-electron chi connectivity index (χ0n) is 12.4. The summed E-state index contributed by atoms with van der Waals surface area (Å²) in [6, 6.07) is 8.78. The molecule has 22 heavy (non-hydrogen) atoms. The first-order valence-corrected chi connectivity index (χ1v) is 7.18. The van der Waals surface area contributed by atoms with Crippen LogP contribution in [0.2, 0.25) is 5.02 Å². The third kappa shape index (κ3) is 4.11. The van der Waals surface area contributed by atoms with E-state index in [9.17, 15) is 9.59 Å². The second kappa shape index (κ2) is 7.13. The molecule has 0 bridgehead atoms. The molecule has 0 fully saturated rings. The Morgan fingerprint density at radius 1 is 1.27 bits per heavy atom. The van der Waals surface area contributed by atoms with Crippen molar-refractivity contribution in [2.75, 3.05) is 11.9 Å². The Labute approximate surface area is 133 Å². The molecule has 0 aliphatic heterocycles. The van der Waals surface area contributed by atoms with Crippen molar-refractivity contribution in [3.8, 4) is 0 Å². The Hall–Kier alpha value is -2.27. The monoisotopic (exact) mass is 320 g/mol. The van der Waals surface area contributed by atoms with Gasteiger partial charge in [0.2, 0.25) is 11.8 Å². The van der Waals surface area contributed by atoms with Crippen LogP contribution in [0.4, 0.5) is 5.69 Å². The fraction of sp³-hybridized carbons (Fsp3) is 0.250. The highest BCUT2D eigenvalue weighted by Gasteiger charge is 2.16. The number of hydrogen-bond acceptors (Lipinski definition) is 3. The zero-order valence-corrected chi connectivity index (χ0v) is 13.2. The average Bonchev–Trinajstić information content (AvgIpc) is 2.96. The lowest BCUT2D eigenvalue weighted by Crippen LogP contribution is -2.36. The molecule has 116 valence electrons. The number of hydrogen-bond donors (Lipinski definition) is 1. The number of nitrogens with zero attached hydrogens (tertiary/aromatic N) is 1. The van der Waals surface area contributed by atoms with Crippen LogP contribution in [0.15, 0.2) is 41.0 Å². The van der Waals surface area contributed by atoms with Crippen molar-refractivity contribution in [2.24, 2.45) is 0 Å². The highest BCUT2D eigenvalue weighted by molar-refractivity contribution is 6.31. The molecule has 2 amide bonds. The summed E-state index contributed by atoms with van der Waals surface area (Å²) in [7, 11) is 0. The van der Waals surface area contributed by atoms with Gasteiger partial charge in [-0.15, -0.1) is 0 Å². The van der Waals surface area contributed by atoms with Gasteiger partial charge in [0.1, 0.15) is 12.3 Å². The van der Waals surface area contributed by atoms with Gasteiger partial charge in [-0.1, -0.05) is 17.7 Å². The Balaban J connectivity index is 2.02. The molecule has 1 heterocycles. The first-order chi connectivity index (χ1) is 10.5. The van der Waals surface area contributed by atoms with E-state index < -0.39 is 0 Å². The van der Waals surface area contributed by atoms with E-state index in [1.807, 2.05) is 6.92 Å². The van der Waals surface area contributed by atoms with Gasteiger partial charge in [0.25, 0.3) is 0 Å². The van der Waals surface area contributed by atoms with E-state index >= 15 is 0 Å². The van der Waals surface area contributed by atoms with Crippen molar-refractivity contribution in [3.05, 3.63) is 52.9 Å². The zero-order chi connectivity index (χ0) is 16.1. The van der Waals surface area contributed by atoms with E-state index in [-0.39, 0.29) is 24.9 Å². The predicted molar refractivity (Wildman–Crippen MR) is 84.6 cm³/mol. The van der Waals surface area contributed by atoms with Crippen LogP contribution in [0.5, 0.6) is 0 Å². The van der Waals surface area contributed by atoms with E-state index in [4.69, 9.17) is 16.0 Å². The van der Waals surface area contributed by atoms with Crippen molar-refractivity contribution in [1.82, 2.24) is 4.90 Å². The highest BCUT2D eigenvalue weighted by atomic mass is 35.5. The predicted octanol–water partition coefficient (Wildman–Crippen LogP) is 3.23. The summed E-state index contributed by atoms with van der Waals surface area (Å²) in [5.41, 5.74) is 1.43. The number of halogens is 1. The van der Waals surface area contributed by atoms with E-state index in [0.717, 1.165) is 5.56 Å². The number of carbonyl (C=O) groups is 2. The van der Waals surface area contributed by atoms with Gasteiger partial charge in [-0.3, -0.25) is 9.59 Å². The molecule has 1 aromatic heterocycles. The first kappa shape index (κ1) is 16.1. The quantitative estimate of drug-likeness (QED) is 0.920. The summed E-state index contributed by atoms with van der Waals surface area (Å²) >= 11 is 6.02. The SMILES string of the molecule is CC(=O)N(CC(=O)Nc1cccc(Cl)c1C)Cc1ccco1. The summed E-state index contributed by atoms with van der Waals surface area (Å²) in [4.78, 5) is 25.2. The van der Waals surface area contributed by atoms with Gasteiger partial charge in [-0.05, 0) is 36.8 Å². The third-order valence-electron chi connectivity index (χ3n) is 3.25. The number of nitrogens with one attached hydrogen (secondary N) is 1. The summed E-state index contributed by atoms with van der Waals surface area (Å²) in [5.74, 6) is 0.142. The Morgan fingerprint density at radius 2 is 2.05 bits per heavy atom. The largest absolute Gasteiger partial charge is 0.467 e. The molecule has 6 heteroatoms. The van der Waals surface area contributed by atoms with E-state index in [0.29, 0.717) is 16.5 Å². The second-order valence-corrected chi connectivity index (χ2v) is 5.32. The molecule has 2 aromatic rings. The van der Waals surface area contributed by atoms with Crippen molar-refractivity contribution in [3.63, 3.8) is 0 Å². The number of carbonyl (C=O) groups excluding carboxylic acids is 2. The van der Waals surface area contributed by atoms with Crippen LogP contribution in [0.25, 0.3) is 0 Å². The summed E-state index contributed by atoms with van der Waals surface area (Å²) in [6.45, 7) is 3.44. The van der Waals surface area contributed by atoms with Crippen LogP contribution in [0.1, 0.15) is 18.2 Å². The van der Waals surface area contributed by atoms with Crippen LogP contribution in [-0.2, 0) is 16.1 Å². The molecule has 0 aliphatic carbocycles. The first-order valence-electron chi connectivity index (χ1n) is 6.80. The maximum absolute atomic E-state index is 12.1. The lowest BCUT2D eigenvalue weighted by molar-refractivity contribution is -0.133. The summed E-state index contributed by atoms with van der Waals surface area (Å²) in [5, 5.41) is 3.35. The minimum Gasteiger partial charge on any atom is -0.467 e. The minimum atomic E-state index is -0.285. The summed E-state index contributed by atoms with van der Waals surface area (Å²) < 4.78 is 5.21. The van der Waals surface area contributed by atoms with Gasteiger partial charge in [-0.2, -0.15) is 0 Å². The average molecular weight is 321 g/mol. The Kier molecular flexibility index (Phi) is 5.22. The molecule has 0 atom stereocenters. The van der Waals surface area contributed by atoms with Crippen molar-refractivity contribution < 1.29 is 14.0 Å². The molecule has 0 unspecified atom stereocenters. The molecule has 5 nitrogen and oxygen atoms in total. The second-order valence-electron chi connectivity index (χ2n) is 4.92. The molecular weight excluding hydrogens is 304 g/mol. The van der Waals surface area contributed by atoms with Crippen LogP contribution >= 0.6 is 11.6 Å². The van der Waals surface area contributed by atoms with Crippen LogP contribution in [-0.4, -0.2) is 23.3 Å². The van der Waals surface area contributed by atoms with Crippen molar-refractivity contribution >= 4 is 29.1 Å². The Morgan fingerprint density at radius 3 is 2.68 bits per heavy atom. The van der Waals surface area contributed by atoms with Crippen LogP contribution in [0.3, 0.4) is 0 Å². The van der Waals surface area contributed by atoms with E-state index in [1.54, 1.807) is 30.3 Å². The molecule has 0 saturated heterocycles. The number of benzene rings is 1. The lowest BCUT2D eigenvalue weighted by atomic mass is 10.2. The Bertz CT molecular complexity index is 668. The van der Waals surface area contributed by atoms with Crippen LogP contribution in [0, 0.1) is 6.92 Å². The van der Waals surface area contributed by atoms with Gasteiger partial charge in [-0.25, -0.2) is 0 Å². The molecule has 1 N–H and O–H groups in total.